The molecule has 0 saturated heterocycles. The third-order valence-corrected chi connectivity index (χ3v) is 4.19. The zero-order chi connectivity index (χ0) is 15.2. The molecule has 0 amide bonds. The van der Waals surface area contributed by atoms with Crippen molar-refractivity contribution in [3.05, 3.63) is 58.6 Å². The first-order valence-electron chi connectivity index (χ1n) is 7.03. The molecule has 0 aliphatic heterocycles. The number of aromatic hydroxyl groups is 1. The van der Waals surface area contributed by atoms with E-state index in [0.717, 1.165) is 23.1 Å². The smallest absolute Gasteiger partial charge is 0.115 e. The van der Waals surface area contributed by atoms with E-state index in [0.29, 0.717) is 11.8 Å². The van der Waals surface area contributed by atoms with Crippen molar-refractivity contribution in [2.24, 2.45) is 0 Å². The molecule has 0 aromatic heterocycles. The Bertz CT molecular complexity index is 554. The summed E-state index contributed by atoms with van der Waals surface area (Å²) < 4.78 is 1.10. The quantitative estimate of drug-likeness (QED) is 0.829. The second-order valence-corrected chi connectivity index (χ2v) is 6.04. The number of nitrogens with one attached hydrogen (secondary N) is 1. The van der Waals surface area contributed by atoms with Crippen LogP contribution in [-0.2, 0) is 0 Å². The summed E-state index contributed by atoms with van der Waals surface area (Å²) in [5.41, 5.74) is 2.40. The van der Waals surface area contributed by atoms with Crippen molar-refractivity contribution in [1.82, 2.24) is 5.32 Å². The molecule has 0 fully saturated rings. The fourth-order valence-corrected chi connectivity index (χ4v) is 2.60. The highest BCUT2D eigenvalue weighted by Crippen LogP contribution is 2.22. The van der Waals surface area contributed by atoms with Gasteiger partial charge in [0.15, 0.2) is 0 Å². The Balaban J connectivity index is 1.96. The number of rotatable bonds is 6. The van der Waals surface area contributed by atoms with E-state index in [1.54, 1.807) is 12.1 Å². The van der Waals surface area contributed by atoms with Gasteiger partial charge in [-0.3, -0.25) is 0 Å². The van der Waals surface area contributed by atoms with Gasteiger partial charge >= 0.3 is 0 Å². The van der Waals surface area contributed by atoms with Crippen molar-refractivity contribution >= 4 is 21.6 Å². The van der Waals surface area contributed by atoms with Gasteiger partial charge < -0.3 is 15.3 Å². The molecule has 21 heavy (non-hydrogen) atoms. The zero-order valence-corrected chi connectivity index (χ0v) is 14.0. The maximum atomic E-state index is 9.33. The minimum Gasteiger partial charge on any atom is -0.508 e. The van der Waals surface area contributed by atoms with Crippen molar-refractivity contribution < 1.29 is 5.11 Å². The van der Waals surface area contributed by atoms with Gasteiger partial charge in [0.25, 0.3) is 0 Å². The van der Waals surface area contributed by atoms with Gasteiger partial charge in [-0.05, 0) is 55.4 Å². The molecule has 0 aliphatic carbocycles. The molecule has 0 bridgehead atoms. The largest absolute Gasteiger partial charge is 0.508 e. The molecule has 2 aromatic carbocycles. The third-order valence-electron chi connectivity index (χ3n) is 3.66. The zero-order valence-electron chi connectivity index (χ0n) is 12.4. The SMILES string of the molecule is CNC(CCN(C)c1ccc(O)cc1)c1ccc(Br)cc1. The molecule has 2 aromatic rings. The van der Waals surface area contributed by atoms with Gasteiger partial charge in [0, 0.05) is 29.8 Å². The van der Waals surface area contributed by atoms with Crippen LogP contribution < -0.4 is 10.2 Å². The summed E-state index contributed by atoms with van der Waals surface area (Å²) in [6.07, 6.45) is 1.01. The van der Waals surface area contributed by atoms with Crippen LogP contribution in [0.2, 0.25) is 0 Å². The first-order chi connectivity index (χ1) is 10.1. The van der Waals surface area contributed by atoms with Crippen molar-refractivity contribution in [2.45, 2.75) is 12.5 Å². The number of nitrogens with zero attached hydrogens (tertiary/aromatic N) is 1. The van der Waals surface area contributed by atoms with Crippen LogP contribution in [0, 0.1) is 0 Å². The van der Waals surface area contributed by atoms with Crippen LogP contribution in [0.5, 0.6) is 5.75 Å². The highest BCUT2D eigenvalue weighted by atomic mass is 79.9. The molecular formula is C17H21BrN2O. The maximum Gasteiger partial charge on any atom is 0.115 e. The molecule has 1 unspecified atom stereocenters. The summed E-state index contributed by atoms with van der Waals surface area (Å²) >= 11 is 3.47. The molecule has 4 heteroatoms. The Labute approximate surface area is 134 Å². The number of benzene rings is 2. The summed E-state index contributed by atoms with van der Waals surface area (Å²) in [6, 6.07) is 16.1. The number of hydrogen-bond acceptors (Lipinski definition) is 3. The summed E-state index contributed by atoms with van der Waals surface area (Å²) in [5.74, 6) is 0.301. The number of hydrogen-bond donors (Lipinski definition) is 2. The molecular weight excluding hydrogens is 328 g/mol. The van der Waals surface area contributed by atoms with E-state index in [2.05, 4.69) is 57.5 Å². The Morgan fingerprint density at radius 2 is 1.71 bits per heavy atom. The average Bonchev–Trinajstić information content (AvgIpc) is 2.50. The minimum atomic E-state index is 0.301. The Morgan fingerprint density at radius 3 is 2.29 bits per heavy atom. The van der Waals surface area contributed by atoms with Gasteiger partial charge in [0.2, 0.25) is 0 Å². The van der Waals surface area contributed by atoms with Crippen LogP contribution >= 0.6 is 15.9 Å². The topological polar surface area (TPSA) is 35.5 Å². The first-order valence-corrected chi connectivity index (χ1v) is 7.82. The number of halogens is 1. The van der Waals surface area contributed by atoms with Crippen molar-refractivity contribution in [2.75, 3.05) is 25.5 Å². The Morgan fingerprint density at radius 1 is 1.10 bits per heavy atom. The molecule has 0 saturated carbocycles. The molecule has 0 spiro atoms. The molecule has 112 valence electrons. The van der Waals surface area contributed by atoms with Crippen LogP contribution in [0.25, 0.3) is 0 Å². The monoisotopic (exact) mass is 348 g/mol. The normalized spacial score (nSPS) is 12.1. The number of phenolic OH excluding ortho intramolecular Hbond substituents is 1. The fourth-order valence-electron chi connectivity index (χ4n) is 2.33. The standard InChI is InChI=1S/C17H21BrN2O/c1-19-17(13-3-5-14(18)6-4-13)11-12-20(2)15-7-9-16(21)10-8-15/h3-10,17,19,21H,11-12H2,1-2H3. The van der Waals surface area contributed by atoms with E-state index in [-0.39, 0.29) is 0 Å². The average molecular weight is 349 g/mol. The van der Waals surface area contributed by atoms with Gasteiger partial charge in [-0.15, -0.1) is 0 Å². The molecule has 2 N–H and O–H groups in total. The summed E-state index contributed by atoms with van der Waals surface area (Å²) in [6.45, 7) is 0.937. The maximum absolute atomic E-state index is 9.33. The second-order valence-electron chi connectivity index (χ2n) is 5.12. The van der Waals surface area contributed by atoms with E-state index in [1.165, 1.54) is 5.56 Å². The predicted octanol–water partition coefficient (Wildman–Crippen LogP) is 3.94. The van der Waals surface area contributed by atoms with Crippen LogP contribution in [0.4, 0.5) is 5.69 Å². The lowest BCUT2D eigenvalue weighted by Crippen LogP contribution is -2.25. The van der Waals surface area contributed by atoms with Crippen molar-refractivity contribution in [3.8, 4) is 5.75 Å². The fraction of sp³-hybridized carbons (Fsp3) is 0.294. The summed E-state index contributed by atoms with van der Waals surface area (Å²) in [4.78, 5) is 2.20. The van der Waals surface area contributed by atoms with E-state index in [9.17, 15) is 5.11 Å². The van der Waals surface area contributed by atoms with Gasteiger partial charge in [-0.1, -0.05) is 28.1 Å². The summed E-state index contributed by atoms with van der Waals surface area (Å²) in [5, 5.41) is 12.7. The van der Waals surface area contributed by atoms with E-state index >= 15 is 0 Å². The van der Waals surface area contributed by atoms with Crippen LogP contribution in [-0.4, -0.2) is 25.7 Å². The number of anilines is 1. The van der Waals surface area contributed by atoms with Crippen LogP contribution in [0.1, 0.15) is 18.0 Å². The Hall–Kier alpha value is -1.52. The highest BCUT2D eigenvalue weighted by Gasteiger charge is 2.10. The van der Waals surface area contributed by atoms with Gasteiger partial charge in [-0.2, -0.15) is 0 Å². The van der Waals surface area contributed by atoms with Gasteiger partial charge in [0.1, 0.15) is 5.75 Å². The van der Waals surface area contributed by atoms with E-state index < -0.39 is 0 Å². The molecule has 0 heterocycles. The third kappa shape index (κ3) is 4.48. The van der Waals surface area contributed by atoms with Gasteiger partial charge in [0.05, 0.1) is 0 Å². The van der Waals surface area contributed by atoms with Crippen molar-refractivity contribution in [1.29, 1.82) is 0 Å². The lowest BCUT2D eigenvalue weighted by molar-refractivity contribution is 0.475. The predicted molar refractivity (Wildman–Crippen MR) is 91.9 cm³/mol. The number of phenols is 1. The lowest BCUT2D eigenvalue weighted by Gasteiger charge is -2.23. The van der Waals surface area contributed by atoms with Gasteiger partial charge in [-0.25, -0.2) is 0 Å². The molecule has 0 radical (unpaired) electrons. The first kappa shape index (κ1) is 15.9. The minimum absolute atomic E-state index is 0.301. The van der Waals surface area contributed by atoms with Crippen LogP contribution in [0.3, 0.4) is 0 Å². The molecule has 2 rings (SSSR count). The second kappa shape index (κ2) is 7.48. The van der Waals surface area contributed by atoms with E-state index in [1.807, 2.05) is 19.2 Å². The lowest BCUT2D eigenvalue weighted by atomic mass is 10.0. The summed E-state index contributed by atoms with van der Waals surface area (Å²) in [7, 11) is 4.06. The molecule has 0 aliphatic rings. The highest BCUT2D eigenvalue weighted by molar-refractivity contribution is 9.10. The van der Waals surface area contributed by atoms with Crippen LogP contribution in [0.15, 0.2) is 53.0 Å². The molecule has 1 atom stereocenters. The van der Waals surface area contributed by atoms with E-state index in [4.69, 9.17) is 0 Å². The molecule has 3 nitrogen and oxygen atoms in total. The Kier molecular flexibility index (Phi) is 5.65. The van der Waals surface area contributed by atoms with Crippen molar-refractivity contribution in [3.63, 3.8) is 0 Å².